The van der Waals surface area contributed by atoms with E-state index < -0.39 is 0 Å². The highest BCUT2D eigenvalue weighted by Gasteiger charge is 2.16. The zero-order valence-electron chi connectivity index (χ0n) is 13.2. The van der Waals surface area contributed by atoms with Gasteiger partial charge in [0.25, 0.3) is 5.56 Å². The van der Waals surface area contributed by atoms with Crippen LogP contribution in [0.5, 0.6) is 0 Å². The standard InChI is InChI=1S/C18H16N4O2/c1-2-16-20-17-15(11-19-22(17)13-7-4-3-5-8-13)18(23)21(16)12-14-9-6-10-24-14/h3-11H,2,12H2,1H3. The number of furan rings is 1. The van der Waals surface area contributed by atoms with Crippen LogP contribution in [0.15, 0.2) is 64.1 Å². The second kappa shape index (κ2) is 5.81. The van der Waals surface area contributed by atoms with Crippen LogP contribution < -0.4 is 5.56 Å². The normalized spacial score (nSPS) is 11.2. The Hall–Kier alpha value is -3.15. The Labute approximate surface area is 138 Å². The van der Waals surface area contributed by atoms with E-state index in [9.17, 15) is 4.79 Å². The highest BCUT2D eigenvalue weighted by molar-refractivity contribution is 5.75. The van der Waals surface area contributed by atoms with Crippen molar-refractivity contribution in [3.05, 3.63) is 76.9 Å². The Morgan fingerprint density at radius 3 is 2.67 bits per heavy atom. The van der Waals surface area contributed by atoms with Gasteiger partial charge in [-0.05, 0) is 24.3 Å². The van der Waals surface area contributed by atoms with Gasteiger partial charge in [0.15, 0.2) is 5.65 Å². The lowest BCUT2D eigenvalue weighted by Crippen LogP contribution is -2.25. The summed E-state index contributed by atoms with van der Waals surface area (Å²) in [5.41, 5.74) is 1.36. The molecule has 4 rings (SSSR count). The highest BCUT2D eigenvalue weighted by atomic mass is 16.3. The summed E-state index contributed by atoms with van der Waals surface area (Å²) < 4.78 is 8.72. The number of fused-ring (bicyclic) bond motifs is 1. The van der Waals surface area contributed by atoms with Crippen LogP contribution in [0.3, 0.4) is 0 Å². The van der Waals surface area contributed by atoms with Crippen molar-refractivity contribution in [2.24, 2.45) is 0 Å². The molecule has 0 aliphatic heterocycles. The van der Waals surface area contributed by atoms with Crippen molar-refractivity contribution in [2.75, 3.05) is 0 Å². The molecule has 6 nitrogen and oxygen atoms in total. The number of aryl methyl sites for hydroxylation is 1. The SMILES string of the molecule is CCc1nc2c(cnn2-c2ccccc2)c(=O)n1Cc1ccco1. The van der Waals surface area contributed by atoms with Gasteiger partial charge >= 0.3 is 0 Å². The van der Waals surface area contributed by atoms with Crippen molar-refractivity contribution < 1.29 is 4.42 Å². The number of aromatic nitrogens is 4. The smallest absolute Gasteiger partial charge is 0.265 e. The van der Waals surface area contributed by atoms with Crippen LogP contribution in [0.2, 0.25) is 0 Å². The molecule has 0 saturated carbocycles. The Morgan fingerprint density at radius 2 is 1.96 bits per heavy atom. The fourth-order valence-corrected chi connectivity index (χ4v) is 2.80. The summed E-state index contributed by atoms with van der Waals surface area (Å²) >= 11 is 0. The number of benzene rings is 1. The zero-order chi connectivity index (χ0) is 16.5. The Kier molecular flexibility index (Phi) is 3.49. The van der Waals surface area contributed by atoms with E-state index >= 15 is 0 Å². The second-order valence-electron chi connectivity index (χ2n) is 5.48. The molecule has 0 aliphatic carbocycles. The van der Waals surface area contributed by atoms with Gasteiger partial charge in [-0.1, -0.05) is 25.1 Å². The molecule has 3 heterocycles. The molecule has 6 heteroatoms. The molecular weight excluding hydrogens is 304 g/mol. The maximum absolute atomic E-state index is 12.9. The van der Waals surface area contributed by atoms with Crippen molar-refractivity contribution in [3.63, 3.8) is 0 Å². The summed E-state index contributed by atoms with van der Waals surface area (Å²) in [5, 5.41) is 4.86. The van der Waals surface area contributed by atoms with Gasteiger partial charge in [0, 0.05) is 6.42 Å². The summed E-state index contributed by atoms with van der Waals surface area (Å²) in [6.45, 7) is 2.35. The summed E-state index contributed by atoms with van der Waals surface area (Å²) in [6.07, 6.45) is 3.83. The predicted octanol–water partition coefficient (Wildman–Crippen LogP) is 2.79. The largest absolute Gasteiger partial charge is 0.467 e. The minimum absolute atomic E-state index is 0.101. The first-order valence-electron chi connectivity index (χ1n) is 7.83. The van der Waals surface area contributed by atoms with Crippen LogP contribution in [-0.2, 0) is 13.0 Å². The van der Waals surface area contributed by atoms with E-state index in [0.29, 0.717) is 29.8 Å². The second-order valence-corrected chi connectivity index (χ2v) is 5.48. The minimum atomic E-state index is -0.101. The molecule has 0 N–H and O–H groups in total. The number of hydrogen-bond donors (Lipinski definition) is 0. The van der Waals surface area contributed by atoms with Gasteiger partial charge in [-0.3, -0.25) is 9.36 Å². The minimum Gasteiger partial charge on any atom is -0.467 e. The van der Waals surface area contributed by atoms with E-state index in [-0.39, 0.29) is 5.56 Å². The van der Waals surface area contributed by atoms with Crippen molar-refractivity contribution in [2.45, 2.75) is 19.9 Å². The first kappa shape index (κ1) is 14.4. The highest BCUT2D eigenvalue weighted by Crippen LogP contribution is 2.15. The molecule has 0 bridgehead atoms. The number of hydrogen-bond acceptors (Lipinski definition) is 4. The lowest BCUT2D eigenvalue weighted by molar-refractivity contribution is 0.483. The van der Waals surface area contributed by atoms with Crippen molar-refractivity contribution in [1.82, 2.24) is 19.3 Å². The molecule has 0 amide bonds. The molecule has 4 aromatic rings. The maximum Gasteiger partial charge on any atom is 0.265 e. The Balaban J connectivity index is 1.91. The summed E-state index contributed by atoms with van der Waals surface area (Å²) in [7, 11) is 0. The quantitative estimate of drug-likeness (QED) is 0.580. The van der Waals surface area contributed by atoms with E-state index in [2.05, 4.69) is 5.10 Å². The molecule has 0 fully saturated rings. The van der Waals surface area contributed by atoms with E-state index in [1.165, 1.54) is 0 Å². The van der Waals surface area contributed by atoms with Crippen molar-refractivity contribution in [3.8, 4) is 5.69 Å². The van der Waals surface area contributed by atoms with Gasteiger partial charge in [-0.2, -0.15) is 5.10 Å². The van der Waals surface area contributed by atoms with Crippen LogP contribution in [0, 0.1) is 0 Å². The zero-order valence-corrected chi connectivity index (χ0v) is 13.2. The molecule has 120 valence electrons. The fourth-order valence-electron chi connectivity index (χ4n) is 2.80. The lowest BCUT2D eigenvalue weighted by atomic mass is 10.3. The van der Waals surface area contributed by atoms with Gasteiger partial charge < -0.3 is 4.42 Å². The monoisotopic (exact) mass is 320 g/mol. The van der Waals surface area contributed by atoms with Crippen LogP contribution in [0.4, 0.5) is 0 Å². The molecule has 1 aromatic carbocycles. The molecule has 0 unspecified atom stereocenters. The predicted molar refractivity (Wildman–Crippen MR) is 90.3 cm³/mol. The molecule has 0 radical (unpaired) electrons. The van der Waals surface area contributed by atoms with Gasteiger partial charge in [0.05, 0.1) is 24.7 Å². The van der Waals surface area contributed by atoms with Crippen LogP contribution >= 0.6 is 0 Å². The van der Waals surface area contributed by atoms with E-state index in [4.69, 9.17) is 9.40 Å². The molecule has 0 spiro atoms. The van der Waals surface area contributed by atoms with Gasteiger partial charge in [-0.15, -0.1) is 0 Å². The first-order valence-corrected chi connectivity index (χ1v) is 7.83. The summed E-state index contributed by atoms with van der Waals surface area (Å²) in [6, 6.07) is 13.3. The van der Waals surface area contributed by atoms with E-state index in [0.717, 1.165) is 11.4 Å². The Morgan fingerprint density at radius 1 is 1.12 bits per heavy atom. The fraction of sp³-hybridized carbons (Fsp3) is 0.167. The van der Waals surface area contributed by atoms with Gasteiger partial charge in [0.1, 0.15) is 17.0 Å². The summed E-state index contributed by atoms with van der Waals surface area (Å²) in [5.74, 6) is 1.44. The van der Waals surface area contributed by atoms with Crippen molar-refractivity contribution in [1.29, 1.82) is 0 Å². The topological polar surface area (TPSA) is 65.8 Å². The van der Waals surface area contributed by atoms with Gasteiger partial charge in [-0.25, -0.2) is 9.67 Å². The third-order valence-corrected chi connectivity index (χ3v) is 3.98. The molecule has 3 aromatic heterocycles. The number of rotatable bonds is 4. The molecule has 0 saturated heterocycles. The summed E-state index contributed by atoms with van der Waals surface area (Å²) in [4.78, 5) is 17.6. The van der Waals surface area contributed by atoms with Crippen LogP contribution in [0.25, 0.3) is 16.7 Å². The maximum atomic E-state index is 12.9. The first-order chi connectivity index (χ1) is 11.8. The molecule has 0 atom stereocenters. The van der Waals surface area contributed by atoms with Crippen molar-refractivity contribution >= 4 is 11.0 Å². The molecular formula is C18H16N4O2. The van der Waals surface area contributed by atoms with Crippen LogP contribution in [-0.4, -0.2) is 19.3 Å². The Bertz CT molecular complexity index is 1030. The average molecular weight is 320 g/mol. The molecule has 0 aliphatic rings. The number of nitrogens with zero attached hydrogens (tertiary/aromatic N) is 4. The third kappa shape index (κ3) is 2.32. The van der Waals surface area contributed by atoms with Crippen LogP contribution in [0.1, 0.15) is 18.5 Å². The molecule has 24 heavy (non-hydrogen) atoms. The van der Waals surface area contributed by atoms with E-state index in [1.807, 2.05) is 49.4 Å². The van der Waals surface area contributed by atoms with E-state index in [1.54, 1.807) is 21.7 Å². The average Bonchev–Trinajstić information content (AvgIpc) is 3.27. The number of para-hydroxylation sites is 1. The lowest BCUT2D eigenvalue weighted by Gasteiger charge is -2.10. The van der Waals surface area contributed by atoms with Gasteiger partial charge in [0.2, 0.25) is 0 Å². The third-order valence-electron chi connectivity index (χ3n) is 3.98.